The van der Waals surface area contributed by atoms with Crippen molar-refractivity contribution in [3.63, 3.8) is 0 Å². The van der Waals surface area contributed by atoms with Gasteiger partial charge in [0.15, 0.2) is 5.82 Å². The normalized spacial score (nSPS) is 17.4. The Morgan fingerprint density at radius 1 is 1.14 bits per heavy atom. The summed E-state index contributed by atoms with van der Waals surface area (Å²) in [5.74, 6) is 2.21. The van der Waals surface area contributed by atoms with Gasteiger partial charge in [0.2, 0.25) is 5.89 Å². The minimum Gasteiger partial charge on any atom is -0.497 e. The molecule has 118 valence electrons. The highest BCUT2D eigenvalue weighted by molar-refractivity contribution is 5.27. The highest BCUT2D eigenvalue weighted by Gasteiger charge is 2.34. The van der Waals surface area contributed by atoms with E-state index in [-0.39, 0.29) is 5.54 Å². The lowest BCUT2D eigenvalue weighted by molar-refractivity contribution is 0.273. The summed E-state index contributed by atoms with van der Waals surface area (Å²) in [6.07, 6.45) is 7.03. The summed E-state index contributed by atoms with van der Waals surface area (Å²) in [6.45, 7) is 0. The third kappa shape index (κ3) is 3.30. The molecule has 1 saturated carbocycles. The van der Waals surface area contributed by atoms with Crippen LogP contribution in [0, 0.1) is 0 Å². The standard InChI is InChI=1S/C17H23N3O2/c1-21-14-8-5-13(6-9-14)7-10-15-19-16(20-22-15)17(18)11-3-2-4-12-17/h5-6,8-9H,2-4,7,10-12,18H2,1H3. The maximum Gasteiger partial charge on any atom is 0.227 e. The van der Waals surface area contributed by atoms with Crippen LogP contribution in [0.2, 0.25) is 0 Å². The quantitative estimate of drug-likeness (QED) is 0.919. The van der Waals surface area contributed by atoms with Gasteiger partial charge in [0.05, 0.1) is 12.6 Å². The Labute approximate surface area is 130 Å². The second-order valence-corrected chi connectivity index (χ2v) is 6.08. The molecule has 2 N–H and O–H groups in total. The minimum absolute atomic E-state index is 0.389. The third-order valence-electron chi connectivity index (χ3n) is 4.45. The van der Waals surface area contributed by atoms with Gasteiger partial charge in [-0.05, 0) is 37.0 Å². The fraction of sp³-hybridized carbons (Fsp3) is 0.529. The number of ether oxygens (including phenoxy) is 1. The summed E-state index contributed by atoms with van der Waals surface area (Å²) in [7, 11) is 1.67. The summed E-state index contributed by atoms with van der Waals surface area (Å²) in [5.41, 5.74) is 7.27. The smallest absolute Gasteiger partial charge is 0.227 e. The van der Waals surface area contributed by atoms with E-state index in [1.165, 1.54) is 12.0 Å². The number of nitrogens with two attached hydrogens (primary N) is 1. The predicted octanol–water partition coefficient (Wildman–Crippen LogP) is 2.98. The van der Waals surface area contributed by atoms with Crippen LogP contribution in [-0.2, 0) is 18.4 Å². The van der Waals surface area contributed by atoms with E-state index in [4.69, 9.17) is 15.0 Å². The molecule has 1 aromatic heterocycles. The second-order valence-electron chi connectivity index (χ2n) is 6.08. The van der Waals surface area contributed by atoms with Gasteiger partial charge in [-0.25, -0.2) is 0 Å². The molecular weight excluding hydrogens is 278 g/mol. The molecular formula is C17H23N3O2. The van der Waals surface area contributed by atoms with Crippen molar-refractivity contribution in [2.45, 2.75) is 50.5 Å². The van der Waals surface area contributed by atoms with Crippen LogP contribution in [0.1, 0.15) is 49.4 Å². The molecule has 3 rings (SSSR count). The van der Waals surface area contributed by atoms with E-state index >= 15 is 0 Å². The van der Waals surface area contributed by atoms with Crippen molar-refractivity contribution in [3.05, 3.63) is 41.5 Å². The Hall–Kier alpha value is -1.88. The monoisotopic (exact) mass is 301 g/mol. The molecule has 0 atom stereocenters. The van der Waals surface area contributed by atoms with Crippen LogP contribution in [0.3, 0.4) is 0 Å². The van der Waals surface area contributed by atoms with E-state index in [0.717, 1.165) is 44.3 Å². The summed E-state index contributed by atoms with van der Waals surface area (Å²) in [4.78, 5) is 4.53. The molecule has 5 nitrogen and oxygen atoms in total. The number of methoxy groups -OCH3 is 1. The lowest BCUT2D eigenvalue weighted by Crippen LogP contribution is -2.39. The van der Waals surface area contributed by atoms with E-state index in [9.17, 15) is 0 Å². The molecule has 0 saturated heterocycles. The second kappa shape index (κ2) is 6.48. The van der Waals surface area contributed by atoms with Crippen LogP contribution in [0.4, 0.5) is 0 Å². The van der Waals surface area contributed by atoms with Gasteiger partial charge in [0.25, 0.3) is 0 Å². The van der Waals surface area contributed by atoms with E-state index in [2.05, 4.69) is 22.3 Å². The Kier molecular flexibility index (Phi) is 4.43. The first-order chi connectivity index (χ1) is 10.7. The first kappa shape index (κ1) is 15.0. The van der Waals surface area contributed by atoms with Crippen molar-refractivity contribution in [2.75, 3.05) is 7.11 Å². The first-order valence-corrected chi connectivity index (χ1v) is 7.94. The van der Waals surface area contributed by atoms with Crippen LogP contribution in [0.25, 0.3) is 0 Å². The van der Waals surface area contributed by atoms with Gasteiger partial charge in [-0.3, -0.25) is 0 Å². The van der Waals surface area contributed by atoms with Gasteiger partial charge in [-0.2, -0.15) is 4.98 Å². The van der Waals surface area contributed by atoms with Crippen molar-refractivity contribution < 1.29 is 9.26 Å². The van der Waals surface area contributed by atoms with Gasteiger partial charge >= 0.3 is 0 Å². The largest absolute Gasteiger partial charge is 0.497 e. The van der Waals surface area contributed by atoms with E-state index in [1.807, 2.05) is 12.1 Å². The molecule has 1 fully saturated rings. The highest BCUT2D eigenvalue weighted by atomic mass is 16.5. The van der Waals surface area contributed by atoms with E-state index < -0.39 is 0 Å². The third-order valence-corrected chi connectivity index (χ3v) is 4.45. The van der Waals surface area contributed by atoms with E-state index in [1.54, 1.807) is 7.11 Å². The van der Waals surface area contributed by atoms with Crippen molar-refractivity contribution in [2.24, 2.45) is 5.73 Å². The SMILES string of the molecule is COc1ccc(CCc2nc(C3(N)CCCCC3)no2)cc1. The summed E-state index contributed by atoms with van der Waals surface area (Å²) in [5, 5.41) is 4.12. The maximum atomic E-state index is 6.43. The molecule has 0 radical (unpaired) electrons. The molecule has 0 unspecified atom stereocenters. The van der Waals surface area contributed by atoms with Gasteiger partial charge in [0.1, 0.15) is 5.75 Å². The molecule has 1 aliphatic carbocycles. The molecule has 0 amide bonds. The lowest BCUT2D eigenvalue weighted by atomic mass is 9.82. The van der Waals surface area contributed by atoms with Crippen LogP contribution < -0.4 is 10.5 Å². The summed E-state index contributed by atoms with van der Waals surface area (Å²) in [6, 6.07) is 8.04. The van der Waals surface area contributed by atoms with Crippen LogP contribution >= 0.6 is 0 Å². The average Bonchev–Trinajstić information content (AvgIpc) is 3.04. The molecule has 2 aromatic rings. The van der Waals surface area contributed by atoms with Crippen LogP contribution in [0.15, 0.2) is 28.8 Å². The molecule has 1 heterocycles. The minimum atomic E-state index is -0.389. The molecule has 1 aliphatic rings. The zero-order valence-corrected chi connectivity index (χ0v) is 13.0. The average molecular weight is 301 g/mol. The Balaban J connectivity index is 1.61. The topological polar surface area (TPSA) is 74.2 Å². The van der Waals surface area contributed by atoms with Gasteiger partial charge < -0.3 is 15.0 Å². The summed E-state index contributed by atoms with van der Waals surface area (Å²) < 4.78 is 10.5. The first-order valence-electron chi connectivity index (χ1n) is 7.94. The molecule has 0 aliphatic heterocycles. The fourth-order valence-corrected chi connectivity index (χ4v) is 3.01. The Morgan fingerprint density at radius 3 is 2.55 bits per heavy atom. The van der Waals surface area contributed by atoms with Crippen molar-refractivity contribution in [1.29, 1.82) is 0 Å². The zero-order valence-electron chi connectivity index (χ0n) is 13.0. The molecule has 1 aromatic carbocycles. The molecule has 22 heavy (non-hydrogen) atoms. The van der Waals surface area contributed by atoms with Crippen LogP contribution in [-0.4, -0.2) is 17.3 Å². The zero-order chi connectivity index (χ0) is 15.4. The Bertz CT molecular complexity index is 601. The Morgan fingerprint density at radius 2 is 1.86 bits per heavy atom. The predicted molar refractivity (Wildman–Crippen MR) is 83.7 cm³/mol. The van der Waals surface area contributed by atoms with Gasteiger partial charge in [-0.15, -0.1) is 0 Å². The van der Waals surface area contributed by atoms with Crippen LogP contribution in [0.5, 0.6) is 5.75 Å². The molecule has 0 bridgehead atoms. The fourth-order valence-electron chi connectivity index (χ4n) is 3.01. The molecule has 0 spiro atoms. The number of nitrogens with zero attached hydrogens (tertiary/aromatic N) is 2. The van der Waals surface area contributed by atoms with Gasteiger partial charge in [-0.1, -0.05) is 36.6 Å². The lowest BCUT2D eigenvalue weighted by Gasteiger charge is -2.29. The number of hydrogen-bond acceptors (Lipinski definition) is 5. The number of aromatic nitrogens is 2. The number of aryl methyl sites for hydroxylation is 2. The summed E-state index contributed by atoms with van der Waals surface area (Å²) >= 11 is 0. The van der Waals surface area contributed by atoms with Gasteiger partial charge in [0, 0.05) is 6.42 Å². The van der Waals surface area contributed by atoms with Crippen molar-refractivity contribution in [3.8, 4) is 5.75 Å². The molecule has 5 heteroatoms. The number of hydrogen-bond donors (Lipinski definition) is 1. The highest BCUT2D eigenvalue weighted by Crippen LogP contribution is 2.33. The van der Waals surface area contributed by atoms with Crippen molar-refractivity contribution in [1.82, 2.24) is 10.1 Å². The van der Waals surface area contributed by atoms with E-state index in [0.29, 0.717) is 11.7 Å². The maximum absolute atomic E-state index is 6.43. The number of rotatable bonds is 5. The number of benzene rings is 1. The van der Waals surface area contributed by atoms with Crippen molar-refractivity contribution >= 4 is 0 Å².